The van der Waals surface area contributed by atoms with E-state index < -0.39 is 10.0 Å². The zero-order valence-electron chi connectivity index (χ0n) is 15.5. The van der Waals surface area contributed by atoms with Gasteiger partial charge in [0.15, 0.2) is 0 Å². The minimum Gasteiger partial charge on any atom is -0.383 e. The first-order valence-electron chi connectivity index (χ1n) is 9.69. The Bertz CT molecular complexity index is 978. The molecule has 1 aromatic heterocycles. The standard InChI is InChI=1S/C20H23ClN4O2S/c21-18-9-17(28(26,27)25-12-14-2-1-5-22-20(14)13-25)3-4-19(18)23-6-7-24-10-15-8-16(15)11-24/h1-5,9,15-16,23H,6-8,10-13H2. The van der Waals surface area contributed by atoms with Crippen LogP contribution in [0.15, 0.2) is 41.4 Å². The fraction of sp³-hybridized carbons (Fsp3) is 0.450. The van der Waals surface area contributed by atoms with Crippen LogP contribution in [0.25, 0.3) is 0 Å². The van der Waals surface area contributed by atoms with Gasteiger partial charge in [0.05, 0.1) is 27.8 Å². The number of aromatic nitrogens is 1. The molecule has 0 radical (unpaired) electrons. The Morgan fingerprint density at radius 2 is 2.00 bits per heavy atom. The van der Waals surface area contributed by atoms with Crippen LogP contribution in [0.2, 0.25) is 5.02 Å². The summed E-state index contributed by atoms with van der Waals surface area (Å²) in [4.78, 5) is 6.98. The SMILES string of the molecule is O=S(=O)(c1ccc(NCCN2CC3CC3C2)c(Cl)c1)N1Cc2cccnc2C1. The molecule has 0 amide bonds. The molecule has 2 fully saturated rings. The largest absolute Gasteiger partial charge is 0.383 e. The second-order valence-electron chi connectivity index (χ2n) is 7.97. The zero-order chi connectivity index (χ0) is 19.3. The molecule has 1 aromatic carbocycles. The number of rotatable bonds is 6. The summed E-state index contributed by atoms with van der Waals surface area (Å²) in [5, 5.41) is 3.77. The number of sulfonamides is 1. The molecule has 1 N–H and O–H groups in total. The average molecular weight is 419 g/mol. The molecular formula is C20H23ClN4O2S. The number of halogens is 1. The number of anilines is 1. The van der Waals surface area contributed by atoms with E-state index in [1.807, 2.05) is 12.1 Å². The van der Waals surface area contributed by atoms with Crippen LogP contribution >= 0.6 is 11.6 Å². The number of fused-ring (bicyclic) bond motifs is 2. The summed E-state index contributed by atoms with van der Waals surface area (Å²) in [6.07, 6.45) is 3.10. The summed E-state index contributed by atoms with van der Waals surface area (Å²) in [6, 6.07) is 8.68. The quantitative estimate of drug-likeness (QED) is 0.781. The van der Waals surface area contributed by atoms with Gasteiger partial charge in [-0.2, -0.15) is 4.31 Å². The molecule has 2 unspecified atom stereocenters. The van der Waals surface area contributed by atoms with Crippen LogP contribution in [0.3, 0.4) is 0 Å². The summed E-state index contributed by atoms with van der Waals surface area (Å²) in [7, 11) is -3.61. The van der Waals surface area contributed by atoms with Crippen molar-refractivity contribution in [3.63, 3.8) is 0 Å². The molecule has 0 spiro atoms. The fourth-order valence-corrected chi connectivity index (χ4v) is 6.03. The van der Waals surface area contributed by atoms with Gasteiger partial charge in [0.1, 0.15) is 0 Å². The van der Waals surface area contributed by atoms with Crippen molar-refractivity contribution in [3.8, 4) is 0 Å². The van der Waals surface area contributed by atoms with Gasteiger partial charge in [-0.05, 0) is 48.1 Å². The lowest BCUT2D eigenvalue weighted by Crippen LogP contribution is -2.28. The normalized spacial score (nSPS) is 24.2. The van der Waals surface area contributed by atoms with Crippen LogP contribution < -0.4 is 5.32 Å². The average Bonchev–Trinajstić information content (AvgIpc) is 3.10. The Morgan fingerprint density at radius 1 is 1.18 bits per heavy atom. The third kappa shape index (κ3) is 3.41. The topological polar surface area (TPSA) is 65.5 Å². The minimum atomic E-state index is -3.61. The van der Waals surface area contributed by atoms with Crippen LogP contribution in [0.5, 0.6) is 0 Å². The molecule has 3 aliphatic rings. The van der Waals surface area contributed by atoms with Gasteiger partial charge in [-0.15, -0.1) is 0 Å². The minimum absolute atomic E-state index is 0.218. The second-order valence-corrected chi connectivity index (χ2v) is 10.3. The molecule has 5 rings (SSSR count). The lowest BCUT2D eigenvalue weighted by Gasteiger charge is -2.19. The number of likely N-dealkylation sites (tertiary alicyclic amines) is 1. The highest BCUT2D eigenvalue weighted by atomic mass is 35.5. The van der Waals surface area contributed by atoms with Crippen molar-refractivity contribution < 1.29 is 8.42 Å². The van der Waals surface area contributed by atoms with Crippen LogP contribution in [0.4, 0.5) is 5.69 Å². The highest BCUT2D eigenvalue weighted by Crippen LogP contribution is 2.44. The molecule has 6 nitrogen and oxygen atoms in total. The van der Waals surface area contributed by atoms with Crippen molar-refractivity contribution >= 4 is 27.3 Å². The molecule has 148 valence electrons. The first kappa shape index (κ1) is 18.4. The van der Waals surface area contributed by atoms with E-state index in [-0.39, 0.29) is 4.90 Å². The van der Waals surface area contributed by atoms with Gasteiger partial charge in [-0.25, -0.2) is 8.42 Å². The maximum atomic E-state index is 13.0. The van der Waals surface area contributed by atoms with Gasteiger partial charge in [-0.1, -0.05) is 17.7 Å². The molecule has 0 bridgehead atoms. The number of piperidine rings is 1. The molecule has 8 heteroatoms. The van der Waals surface area contributed by atoms with Crippen molar-refractivity contribution in [3.05, 3.63) is 52.8 Å². The number of hydrogen-bond acceptors (Lipinski definition) is 5. The molecule has 1 saturated carbocycles. The predicted octanol–water partition coefficient (Wildman–Crippen LogP) is 2.80. The Hall–Kier alpha value is -1.67. The van der Waals surface area contributed by atoms with E-state index in [0.717, 1.165) is 41.9 Å². The Morgan fingerprint density at radius 3 is 2.75 bits per heavy atom. The van der Waals surface area contributed by atoms with E-state index in [1.54, 1.807) is 24.4 Å². The van der Waals surface area contributed by atoms with Gasteiger partial charge in [0.2, 0.25) is 10.0 Å². The van der Waals surface area contributed by atoms with E-state index in [0.29, 0.717) is 18.1 Å². The van der Waals surface area contributed by atoms with Crippen molar-refractivity contribution in [2.45, 2.75) is 24.4 Å². The van der Waals surface area contributed by atoms with Crippen molar-refractivity contribution in [1.29, 1.82) is 0 Å². The van der Waals surface area contributed by atoms with E-state index in [4.69, 9.17) is 11.6 Å². The highest BCUT2D eigenvalue weighted by Gasteiger charge is 2.44. The van der Waals surface area contributed by atoms with Crippen molar-refractivity contribution in [2.75, 3.05) is 31.5 Å². The second kappa shape index (κ2) is 6.99. The molecular weight excluding hydrogens is 396 g/mol. The smallest absolute Gasteiger partial charge is 0.243 e. The lowest BCUT2D eigenvalue weighted by molar-refractivity contribution is 0.317. The first-order valence-corrected chi connectivity index (χ1v) is 11.5. The Kier molecular flexibility index (Phi) is 4.58. The maximum Gasteiger partial charge on any atom is 0.243 e. The van der Waals surface area contributed by atoms with Gasteiger partial charge in [0, 0.05) is 38.9 Å². The zero-order valence-corrected chi connectivity index (χ0v) is 17.1. The monoisotopic (exact) mass is 418 g/mol. The van der Waals surface area contributed by atoms with Crippen molar-refractivity contribution in [2.24, 2.45) is 11.8 Å². The Balaban J connectivity index is 1.24. The van der Waals surface area contributed by atoms with Gasteiger partial charge < -0.3 is 10.2 Å². The van der Waals surface area contributed by atoms with Crippen molar-refractivity contribution in [1.82, 2.24) is 14.2 Å². The van der Waals surface area contributed by atoms with Gasteiger partial charge >= 0.3 is 0 Å². The molecule has 2 aliphatic heterocycles. The predicted molar refractivity (Wildman–Crippen MR) is 109 cm³/mol. The van der Waals surface area contributed by atoms with Crippen LogP contribution in [-0.2, 0) is 23.1 Å². The summed E-state index contributed by atoms with van der Waals surface area (Å²) in [5.41, 5.74) is 2.54. The van der Waals surface area contributed by atoms with Gasteiger partial charge in [0.25, 0.3) is 0 Å². The number of nitrogens with one attached hydrogen (secondary N) is 1. The summed E-state index contributed by atoms with van der Waals surface area (Å²) >= 11 is 6.39. The van der Waals surface area contributed by atoms with E-state index in [9.17, 15) is 8.42 Å². The number of nitrogens with zero attached hydrogens (tertiary/aromatic N) is 3. The summed E-state index contributed by atoms with van der Waals surface area (Å²) in [5.74, 6) is 1.86. The number of pyridine rings is 1. The first-order chi connectivity index (χ1) is 13.5. The van der Waals surface area contributed by atoms with Gasteiger partial charge in [-0.3, -0.25) is 4.98 Å². The molecule has 2 aromatic rings. The fourth-order valence-electron chi connectivity index (χ4n) is 4.32. The summed E-state index contributed by atoms with van der Waals surface area (Å²) < 4.78 is 27.5. The van der Waals surface area contributed by atoms with Crippen LogP contribution in [-0.4, -0.2) is 48.8 Å². The van der Waals surface area contributed by atoms with E-state index in [2.05, 4.69) is 15.2 Å². The molecule has 1 aliphatic carbocycles. The lowest BCUT2D eigenvalue weighted by atomic mass is 10.2. The third-order valence-corrected chi connectivity index (χ3v) is 8.13. The Labute approximate surface area is 170 Å². The molecule has 2 atom stereocenters. The van der Waals surface area contributed by atoms with Crippen LogP contribution in [0, 0.1) is 11.8 Å². The molecule has 28 heavy (non-hydrogen) atoms. The number of hydrogen-bond donors (Lipinski definition) is 1. The summed E-state index contributed by atoms with van der Waals surface area (Å²) in [6.45, 7) is 4.87. The number of benzene rings is 1. The third-order valence-electron chi connectivity index (χ3n) is 6.03. The van der Waals surface area contributed by atoms with E-state index >= 15 is 0 Å². The molecule has 1 saturated heterocycles. The van der Waals surface area contributed by atoms with Crippen LogP contribution in [0.1, 0.15) is 17.7 Å². The van der Waals surface area contributed by atoms with E-state index in [1.165, 1.54) is 23.8 Å². The molecule has 3 heterocycles. The maximum absolute atomic E-state index is 13.0. The highest BCUT2D eigenvalue weighted by molar-refractivity contribution is 7.89.